The van der Waals surface area contributed by atoms with E-state index in [0.29, 0.717) is 5.46 Å². The molecule has 0 N–H and O–H groups in total. The number of hydrogen-bond donors (Lipinski definition) is 0. The van der Waals surface area contributed by atoms with Crippen molar-refractivity contribution >= 4 is 23.6 Å². The summed E-state index contributed by atoms with van der Waals surface area (Å²) >= 11 is 1.51. The minimum absolute atomic E-state index is 0.148. The van der Waals surface area contributed by atoms with Crippen molar-refractivity contribution in [2.24, 2.45) is 0 Å². The van der Waals surface area contributed by atoms with E-state index < -0.39 is 0 Å². The van der Waals surface area contributed by atoms with E-state index in [-0.39, 0.29) is 5.82 Å². The molecule has 0 aliphatic rings. The van der Waals surface area contributed by atoms with Gasteiger partial charge in [-0.3, -0.25) is 0 Å². The molecule has 0 heterocycles. The summed E-state index contributed by atoms with van der Waals surface area (Å²) in [4.78, 5) is 0. The fraction of sp³-hybridized carbons (Fsp3) is 0.250. The molecule has 0 saturated carbocycles. The molecule has 11 heavy (non-hydrogen) atoms. The second-order valence-corrected chi connectivity index (χ2v) is 3.09. The van der Waals surface area contributed by atoms with E-state index in [0.717, 1.165) is 5.56 Å². The molecule has 0 spiro atoms. The first kappa shape index (κ1) is 8.66. The summed E-state index contributed by atoms with van der Waals surface area (Å²) in [5.41, 5.74) is 1.77. The van der Waals surface area contributed by atoms with Gasteiger partial charge in [0, 0.05) is 0 Å². The third-order valence-electron chi connectivity index (χ3n) is 1.40. The van der Waals surface area contributed by atoms with Gasteiger partial charge >= 0.3 is 0 Å². The summed E-state index contributed by atoms with van der Waals surface area (Å²) in [5, 5.41) is 0. The number of aryl methyl sites for hydroxylation is 1. The summed E-state index contributed by atoms with van der Waals surface area (Å²) in [6.45, 7) is 3.76. The maximum absolute atomic E-state index is 12.9. The zero-order valence-electron chi connectivity index (χ0n) is 6.60. The van der Waals surface area contributed by atoms with E-state index in [9.17, 15) is 4.39 Å². The molecule has 0 bridgehead atoms. The average Bonchev–Trinajstić information content (AvgIpc) is 1.98. The summed E-state index contributed by atoms with van der Waals surface area (Å²) in [5.74, 6) is -0.148. The maximum atomic E-state index is 12.9. The first-order valence-corrected chi connectivity index (χ1v) is 4.65. The maximum Gasteiger partial charge on any atom is 0.233 e. The van der Waals surface area contributed by atoms with Crippen LogP contribution >= 0.6 is 11.6 Å². The van der Waals surface area contributed by atoms with Gasteiger partial charge in [0.05, 0.1) is 0 Å². The predicted molar refractivity (Wildman–Crippen MR) is 50.0 cm³/mol. The molecule has 0 nitrogen and oxygen atoms in total. The lowest BCUT2D eigenvalue weighted by atomic mass is 9.92. The fourth-order valence-electron chi connectivity index (χ4n) is 0.880. The smallest absolute Gasteiger partial charge is 0.214 e. The summed E-state index contributed by atoms with van der Waals surface area (Å²) < 4.78 is 12.9. The summed E-state index contributed by atoms with van der Waals surface area (Å²) in [6, 6.07) is 5.11. The van der Waals surface area contributed by atoms with Crippen LogP contribution in [0, 0.1) is 12.7 Å². The van der Waals surface area contributed by atoms with E-state index in [2.05, 4.69) is 0 Å². The number of hydrogen-bond acceptors (Lipinski definition) is 1. The molecule has 1 aromatic carbocycles. The molecule has 0 saturated heterocycles. The van der Waals surface area contributed by atoms with Gasteiger partial charge < -0.3 is 0 Å². The fourth-order valence-corrected chi connectivity index (χ4v) is 1.32. The monoisotopic (exact) mass is 167 g/mol. The quantitative estimate of drug-likeness (QED) is 0.604. The molecule has 1 rings (SSSR count). The molecular weight excluding hydrogens is 158 g/mol. The Labute approximate surface area is 71.3 Å². The van der Waals surface area contributed by atoms with Crippen LogP contribution in [0.15, 0.2) is 18.2 Å². The van der Waals surface area contributed by atoms with Crippen LogP contribution in [0.1, 0.15) is 5.56 Å². The molecule has 1 radical (unpaired) electrons. The van der Waals surface area contributed by atoms with Gasteiger partial charge in [-0.15, -0.1) is 0 Å². The highest BCUT2D eigenvalue weighted by Crippen LogP contribution is 2.00. The number of benzene rings is 1. The molecule has 0 atom stereocenters. The molecule has 0 amide bonds. The van der Waals surface area contributed by atoms with Crippen molar-refractivity contribution in [2.45, 2.75) is 6.92 Å². The third kappa shape index (κ3) is 2.26. The highest BCUT2D eigenvalue weighted by atomic mass is 32.2. The first-order valence-electron chi connectivity index (χ1n) is 3.36. The standard InChI is InChI=1S/C8H9BFS/c1-6-3-4-8(10)7(5-6)9-11-2/h3-5H,1-2H3. The van der Waals surface area contributed by atoms with Crippen LogP contribution in [-0.2, 0) is 0 Å². The number of rotatable bonds is 2. The molecule has 0 fully saturated rings. The molecule has 3 heteroatoms. The van der Waals surface area contributed by atoms with Gasteiger partial charge in [-0.1, -0.05) is 17.7 Å². The molecule has 0 aliphatic carbocycles. The van der Waals surface area contributed by atoms with Crippen molar-refractivity contribution in [3.05, 3.63) is 29.6 Å². The van der Waals surface area contributed by atoms with Gasteiger partial charge in [0.15, 0.2) is 0 Å². The van der Waals surface area contributed by atoms with Crippen molar-refractivity contribution in [3.8, 4) is 0 Å². The van der Waals surface area contributed by atoms with E-state index in [1.807, 2.05) is 25.8 Å². The van der Waals surface area contributed by atoms with Crippen LogP contribution in [0.25, 0.3) is 0 Å². The largest absolute Gasteiger partial charge is 0.233 e. The van der Waals surface area contributed by atoms with E-state index >= 15 is 0 Å². The molecule has 0 aliphatic heterocycles. The van der Waals surface area contributed by atoms with E-state index in [1.54, 1.807) is 6.07 Å². The van der Waals surface area contributed by atoms with Crippen molar-refractivity contribution < 1.29 is 4.39 Å². The van der Waals surface area contributed by atoms with Crippen molar-refractivity contribution in [1.82, 2.24) is 0 Å². The van der Waals surface area contributed by atoms with Crippen molar-refractivity contribution in [1.29, 1.82) is 0 Å². The summed E-state index contributed by atoms with van der Waals surface area (Å²) in [7, 11) is 0. The lowest BCUT2D eigenvalue weighted by Crippen LogP contribution is -2.15. The van der Waals surface area contributed by atoms with Crippen LogP contribution in [0.4, 0.5) is 4.39 Å². The molecule has 0 aromatic heterocycles. The molecular formula is C8H9BFS. The van der Waals surface area contributed by atoms with Gasteiger partial charge in [-0.2, -0.15) is 0 Å². The molecule has 0 unspecified atom stereocenters. The first-order chi connectivity index (χ1) is 5.24. The second-order valence-electron chi connectivity index (χ2n) is 2.38. The lowest BCUT2D eigenvalue weighted by molar-refractivity contribution is 0.635. The van der Waals surface area contributed by atoms with Crippen LogP contribution in [-0.4, -0.2) is 12.8 Å². The Hall–Kier alpha value is -0.435. The zero-order valence-corrected chi connectivity index (χ0v) is 7.41. The molecule has 1 aromatic rings. The highest BCUT2D eigenvalue weighted by Gasteiger charge is 2.01. The normalized spacial score (nSPS) is 9.73. The van der Waals surface area contributed by atoms with Crippen molar-refractivity contribution in [2.75, 3.05) is 6.26 Å². The number of halogens is 1. The van der Waals surface area contributed by atoms with Gasteiger partial charge in [0.2, 0.25) is 6.56 Å². The Morgan fingerprint density at radius 3 is 2.82 bits per heavy atom. The van der Waals surface area contributed by atoms with Crippen LogP contribution in [0.5, 0.6) is 0 Å². The molecule has 57 valence electrons. The Morgan fingerprint density at radius 2 is 2.18 bits per heavy atom. The summed E-state index contributed by atoms with van der Waals surface area (Å²) in [6.07, 6.45) is 1.92. The van der Waals surface area contributed by atoms with E-state index in [4.69, 9.17) is 0 Å². The van der Waals surface area contributed by atoms with Gasteiger partial charge in [-0.25, -0.2) is 16.0 Å². The Balaban J connectivity index is 2.93. The predicted octanol–water partition coefficient (Wildman–Crippen LogP) is 1.74. The van der Waals surface area contributed by atoms with Crippen molar-refractivity contribution in [3.63, 3.8) is 0 Å². The van der Waals surface area contributed by atoms with Crippen LogP contribution in [0.2, 0.25) is 0 Å². The Kier molecular flexibility index (Phi) is 3.00. The third-order valence-corrected chi connectivity index (χ3v) is 1.89. The SMILES string of the molecule is CS[B]c1cc(C)ccc1F. The average molecular weight is 167 g/mol. The lowest BCUT2D eigenvalue weighted by Gasteiger charge is -1.99. The van der Waals surface area contributed by atoms with E-state index in [1.165, 1.54) is 17.7 Å². The zero-order chi connectivity index (χ0) is 8.27. The van der Waals surface area contributed by atoms with Gasteiger partial charge in [-0.05, 0) is 24.7 Å². The Bertz CT molecular complexity index is 250. The van der Waals surface area contributed by atoms with Crippen LogP contribution in [0.3, 0.4) is 0 Å². The van der Waals surface area contributed by atoms with Gasteiger partial charge in [0.25, 0.3) is 0 Å². The Morgan fingerprint density at radius 1 is 1.45 bits per heavy atom. The minimum Gasteiger partial charge on any atom is -0.214 e. The second kappa shape index (κ2) is 3.81. The van der Waals surface area contributed by atoms with Crippen LogP contribution < -0.4 is 5.46 Å². The van der Waals surface area contributed by atoms with Gasteiger partial charge in [0.1, 0.15) is 5.82 Å². The topological polar surface area (TPSA) is 0 Å². The highest BCUT2D eigenvalue weighted by molar-refractivity contribution is 8.23. The minimum atomic E-state index is -0.148.